The molecule has 0 amide bonds. The van der Waals surface area contributed by atoms with Gasteiger partial charge in [0.15, 0.2) is 0 Å². The highest BCUT2D eigenvalue weighted by molar-refractivity contribution is 7.17. The minimum Gasteiger partial charge on any atom is -0.330 e. The topological polar surface area (TPSA) is 29.3 Å². The molecule has 1 fully saturated rings. The molecule has 2 N–H and O–H groups in total. The van der Waals surface area contributed by atoms with Crippen molar-refractivity contribution in [1.82, 2.24) is 4.90 Å². The summed E-state index contributed by atoms with van der Waals surface area (Å²) in [4.78, 5) is 2.64. The highest BCUT2D eigenvalue weighted by atomic mass is 35.5. The van der Waals surface area contributed by atoms with Gasteiger partial charge >= 0.3 is 0 Å². The van der Waals surface area contributed by atoms with Crippen LogP contribution < -0.4 is 5.73 Å². The van der Waals surface area contributed by atoms with E-state index in [1.54, 1.807) is 0 Å². The van der Waals surface area contributed by atoms with Crippen molar-refractivity contribution >= 4 is 33.8 Å². The van der Waals surface area contributed by atoms with Crippen LogP contribution >= 0.6 is 23.7 Å². The minimum atomic E-state index is 0. The van der Waals surface area contributed by atoms with Crippen LogP contribution in [0.5, 0.6) is 0 Å². The molecule has 2 aromatic rings. The second-order valence-corrected chi connectivity index (χ2v) is 6.37. The highest BCUT2D eigenvalue weighted by Gasteiger charge is 2.22. The molecule has 0 spiro atoms. The first-order chi connectivity index (χ1) is 9.38. The lowest BCUT2D eigenvalue weighted by molar-refractivity contribution is 0.134. The molecule has 2 heterocycles. The summed E-state index contributed by atoms with van der Waals surface area (Å²) in [5.41, 5.74) is 7.25. The molecule has 0 bridgehead atoms. The fraction of sp³-hybridized carbons (Fsp3) is 0.500. The Morgan fingerprint density at radius 1 is 1.25 bits per heavy atom. The minimum absolute atomic E-state index is 0. The normalized spacial score (nSPS) is 19.9. The molecule has 0 aliphatic carbocycles. The SMILES string of the molecule is Cl.NCCC1CCCCN1Cc1csc2ccccc12. The van der Waals surface area contributed by atoms with Crippen molar-refractivity contribution in [2.75, 3.05) is 13.1 Å². The molecule has 4 heteroatoms. The molecular weight excluding hydrogens is 288 g/mol. The zero-order valence-corrected chi connectivity index (χ0v) is 13.4. The van der Waals surface area contributed by atoms with Crippen molar-refractivity contribution in [2.24, 2.45) is 5.73 Å². The van der Waals surface area contributed by atoms with Gasteiger partial charge in [-0.05, 0) is 54.7 Å². The first kappa shape index (κ1) is 15.8. The van der Waals surface area contributed by atoms with Crippen molar-refractivity contribution < 1.29 is 0 Å². The van der Waals surface area contributed by atoms with Gasteiger partial charge in [0.25, 0.3) is 0 Å². The number of likely N-dealkylation sites (tertiary alicyclic amines) is 1. The number of benzene rings is 1. The molecule has 1 aliphatic heterocycles. The van der Waals surface area contributed by atoms with Crippen LogP contribution in [0.15, 0.2) is 29.6 Å². The number of fused-ring (bicyclic) bond motifs is 1. The third kappa shape index (κ3) is 3.34. The van der Waals surface area contributed by atoms with E-state index in [0.29, 0.717) is 6.04 Å². The summed E-state index contributed by atoms with van der Waals surface area (Å²) in [5, 5.41) is 3.77. The number of hydrogen-bond donors (Lipinski definition) is 1. The summed E-state index contributed by atoms with van der Waals surface area (Å²) in [5.74, 6) is 0. The number of hydrogen-bond acceptors (Lipinski definition) is 3. The maximum atomic E-state index is 5.76. The Kier molecular flexibility index (Phi) is 5.85. The number of piperidine rings is 1. The van der Waals surface area contributed by atoms with Crippen LogP contribution in [0, 0.1) is 0 Å². The van der Waals surface area contributed by atoms with E-state index in [2.05, 4.69) is 34.5 Å². The van der Waals surface area contributed by atoms with Crippen molar-refractivity contribution in [2.45, 2.75) is 38.3 Å². The lowest BCUT2D eigenvalue weighted by Crippen LogP contribution is -2.40. The zero-order chi connectivity index (χ0) is 13.1. The van der Waals surface area contributed by atoms with Crippen molar-refractivity contribution in [1.29, 1.82) is 0 Å². The lowest BCUT2D eigenvalue weighted by Gasteiger charge is -2.35. The molecule has 110 valence electrons. The van der Waals surface area contributed by atoms with E-state index in [1.807, 2.05) is 11.3 Å². The van der Waals surface area contributed by atoms with Gasteiger partial charge in [-0.25, -0.2) is 0 Å². The van der Waals surface area contributed by atoms with Crippen LogP contribution in [0.2, 0.25) is 0 Å². The van der Waals surface area contributed by atoms with Crippen molar-refractivity contribution in [3.8, 4) is 0 Å². The van der Waals surface area contributed by atoms with Crippen LogP contribution in [0.25, 0.3) is 10.1 Å². The molecule has 1 aromatic carbocycles. The number of halogens is 1. The molecule has 1 unspecified atom stereocenters. The molecule has 0 radical (unpaired) electrons. The van der Waals surface area contributed by atoms with Gasteiger partial charge in [0.2, 0.25) is 0 Å². The van der Waals surface area contributed by atoms with Gasteiger partial charge in [-0.1, -0.05) is 24.6 Å². The number of nitrogens with two attached hydrogens (primary N) is 1. The summed E-state index contributed by atoms with van der Waals surface area (Å²) in [6.07, 6.45) is 5.16. The largest absolute Gasteiger partial charge is 0.330 e. The predicted molar refractivity (Wildman–Crippen MR) is 90.8 cm³/mol. The number of rotatable bonds is 4. The van der Waals surface area contributed by atoms with Gasteiger partial charge in [-0.15, -0.1) is 23.7 Å². The summed E-state index contributed by atoms with van der Waals surface area (Å²) in [6, 6.07) is 9.44. The average molecular weight is 311 g/mol. The Hall–Kier alpha value is -0.610. The molecule has 2 nitrogen and oxygen atoms in total. The molecular formula is C16H23ClN2S. The van der Waals surface area contributed by atoms with E-state index in [0.717, 1.165) is 19.5 Å². The van der Waals surface area contributed by atoms with Crippen LogP contribution in [0.4, 0.5) is 0 Å². The van der Waals surface area contributed by atoms with E-state index in [-0.39, 0.29) is 12.4 Å². The van der Waals surface area contributed by atoms with Gasteiger partial charge < -0.3 is 5.73 Å². The Balaban J connectivity index is 0.00000147. The first-order valence-electron chi connectivity index (χ1n) is 7.27. The van der Waals surface area contributed by atoms with E-state index >= 15 is 0 Å². The Morgan fingerprint density at radius 2 is 2.10 bits per heavy atom. The molecule has 1 aliphatic rings. The fourth-order valence-corrected chi connectivity index (χ4v) is 4.12. The van der Waals surface area contributed by atoms with Gasteiger partial charge in [-0.3, -0.25) is 4.90 Å². The smallest absolute Gasteiger partial charge is 0.0346 e. The molecule has 3 rings (SSSR count). The quantitative estimate of drug-likeness (QED) is 0.924. The second kappa shape index (κ2) is 7.41. The summed E-state index contributed by atoms with van der Waals surface area (Å²) >= 11 is 1.87. The predicted octanol–water partition coefficient (Wildman–Crippen LogP) is 4.03. The third-order valence-electron chi connectivity index (χ3n) is 4.18. The van der Waals surface area contributed by atoms with Gasteiger partial charge in [0, 0.05) is 17.3 Å². The van der Waals surface area contributed by atoms with E-state index in [4.69, 9.17) is 5.73 Å². The molecule has 1 aromatic heterocycles. The zero-order valence-electron chi connectivity index (χ0n) is 11.8. The van der Waals surface area contributed by atoms with Gasteiger partial charge in [-0.2, -0.15) is 0 Å². The van der Waals surface area contributed by atoms with Gasteiger partial charge in [0.05, 0.1) is 0 Å². The summed E-state index contributed by atoms with van der Waals surface area (Å²) in [6.45, 7) is 3.13. The van der Waals surface area contributed by atoms with Crippen molar-refractivity contribution in [3.63, 3.8) is 0 Å². The number of nitrogens with zero attached hydrogens (tertiary/aromatic N) is 1. The Bertz CT molecular complexity index is 538. The average Bonchev–Trinajstić information content (AvgIpc) is 2.85. The Labute approximate surface area is 131 Å². The first-order valence-corrected chi connectivity index (χ1v) is 8.15. The van der Waals surface area contributed by atoms with E-state index < -0.39 is 0 Å². The standard InChI is InChI=1S/C16H22N2S.ClH/c17-9-8-14-5-3-4-10-18(14)11-13-12-19-16-7-2-1-6-15(13)16;/h1-2,6-7,12,14H,3-5,8-11,17H2;1H. The van der Waals surface area contributed by atoms with Crippen LogP contribution in [0.3, 0.4) is 0 Å². The van der Waals surface area contributed by atoms with E-state index in [1.165, 1.54) is 41.5 Å². The van der Waals surface area contributed by atoms with Crippen LogP contribution in [0.1, 0.15) is 31.2 Å². The molecule has 1 saturated heterocycles. The summed E-state index contributed by atoms with van der Waals surface area (Å²) < 4.78 is 1.41. The molecule has 1 atom stereocenters. The monoisotopic (exact) mass is 310 g/mol. The molecule has 20 heavy (non-hydrogen) atoms. The second-order valence-electron chi connectivity index (χ2n) is 5.45. The molecule has 0 saturated carbocycles. The van der Waals surface area contributed by atoms with Gasteiger partial charge in [0.1, 0.15) is 0 Å². The third-order valence-corrected chi connectivity index (χ3v) is 5.20. The fourth-order valence-electron chi connectivity index (χ4n) is 3.16. The number of thiophene rings is 1. The van der Waals surface area contributed by atoms with Crippen LogP contribution in [-0.4, -0.2) is 24.0 Å². The maximum absolute atomic E-state index is 5.76. The van der Waals surface area contributed by atoms with E-state index in [9.17, 15) is 0 Å². The lowest BCUT2D eigenvalue weighted by atomic mass is 9.98. The van der Waals surface area contributed by atoms with Crippen molar-refractivity contribution in [3.05, 3.63) is 35.2 Å². The Morgan fingerprint density at radius 3 is 2.95 bits per heavy atom. The highest BCUT2D eigenvalue weighted by Crippen LogP contribution is 2.29. The summed E-state index contributed by atoms with van der Waals surface area (Å²) in [7, 11) is 0. The van der Waals surface area contributed by atoms with Crippen LogP contribution in [-0.2, 0) is 6.54 Å². The maximum Gasteiger partial charge on any atom is 0.0346 e.